The standard InChI is InChI=1S/C16H16BrFN2O/c1-11(14-4-2-3-5-15(14)17)20-16(21)19-10-12-6-8-13(18)9-7-12/h2-9,11H,10H2,1H3,(H2,19,20,21). The molecule has 2 rings (SSSR count). The van der Waals surface area contributed by atoms with E-state index in [4.69, 9.17) is 0 Å². The summed E-state index contributed by atoms with van der Waals surface area (Å²) in [5.74, 6) is -0.286. The molecule has 0 saturated heterocycles. The van der Waals surface area contributed by atoms with Gasteiger partial charge < -0.3 is 10.6 Å². The Kier molecular flexibility index (Phi) is 5.33. The maximum Gasteiger partial charge on any atom is 0.315 e. The van der Waals surface area contributed by atoms with Crippen LogP contribution < -0.4 is 10.6 Å². The molecule has 0 heterocycles. The Morgan fingerprint density at radius 3 is 2.52 bits per heavy atom. The van der Waals surface area contributed by atoms with Crippen LogP contribution in [0.15, 0.2) is 53.0 Å². The van der Waals surface area contributed by atoms with Gasteiger partial charge in [0.25, 0.3) is 0 Å². The SMILES string of the molecule is CC(NC(=O)NCc1ccc(F)cc1)c1ccccc1Br. The molecule has 2 aromatic carbocycles. The molecule has 110 valence electrons. The van der Waals surface area contributed by atoms with Crippen LogP contribution in [0.2, 0.25) is 0 Å². The average Bonchev–Trinajstić information content (AvgIpc) is 2.47. The Labute approximate surface area is 131 Å². The van der Waals surface area contributed by atoms with Gasteiger partial charge in [0.15, 0.2) is 0 Å². The van der Waals surface area contributed by atoms with Gasteiger partial charge in [-0.1, -0.05) is 46.3 Å². The zero-order valence-corrected chi connectivity index (χ0v) is 13.2. The van der Waals surface area contributed by atoms with E-state index >= 15 is 0 Å². The molecule has 0 aliphatic rings. The van der Waals surface area contributed by atoms with Gasteiger partial charge in [-0.15, -0.1) is 0 Å². The molecule has 21 heavy (non-hydrogen) atoms. The van der Waals surface area contributed by atoms with E-state index in [1.54, 1.807) is 12.1 Å². The van der Waals surface area contributed by atoms with Gasteiger partial charge in [-0.3, -0.25) is 0 Å². The highest BCUT2D eigenvalue weighted by Gasteiger charge is 2.11. The molecule has 0 spiro atoms. The molecule has 1 unspecified atom stereocenters. The first-order chi connectivity index (χ1) is 10.1. The first-order valence-electron chi connectivity index (χ1n) is 6.59. The minimum Gasteiger partial charge on any atom is -0.334 e. The molecule has 0 fully saturated rings. The lowest BCUT2D eigenvalue weighted by Crippen LogP contribution is -2.36. The number of carbonyl (C=O) groups excluding carboxylic acids is 1. The zero-order valence-electron chi connectivity index (χ0n) is 11.6. The fraction of sp³-hybridized carbons (Fsp3) is 0.188. The lowest BCUT2D eigenvalue weighted by molar-refractivity contribution is 0.237. The number of hydrogen-bond acceptors (Lipinski definition) is 1. The Hall–Kier alpha value is -1.88. The van der Waals surface area contributed by atoms with E-state index in [0.717, 1.165) is 15.6 Å². The van der Waals surface area contributed by atoms with Crippen molar-refractivity contribution in [3.8, 4) is 0 Å². The molecule has 5 heteroatoms. The lowest BCUT2D eigenvalue weighted by atomic mass is 10.1. The van der Waals surface area contributed by atoms with E-state index in [0.29, 0.717) is 6.54 Å². The topological polar surface area (TPSA) is 41.1 Å². The highest BCUT2D eigenvalue weighted by atomic mass is 79.9. The van der Waals surface area contributed by atoms with Crippen molar-refractivity contribution in [2.24, 2.45) is 0 Å². The Balaban J connectivity index is 1.87. The number of hydrogen-bond donors (Lipinski definition) is 2. The zero-order chi connectivity index (χ0) is 15.2. The minimum absolute atomic E-state index is 0.117. The van der Waals surface area contributed by atoms with E-state index in [-0.39, 0.29) is 17.9 Å². The van der Waals surface area contributed by atoms with Gasteiger partial charge in [0.05, 0.1) is 6.04 Å². The van der Waals surface area contributed by atoms with Crippen LogP contribution in [0, 0.1) is 5.82 Å². The van der Waals surface area contributed by atoms with Crippen molar-refractivity contribution in [3.05, 3.63) is 69.9 Å². The molecule has 1 atom stereocenters. The van der Waals surface area contributed by atoms with Gasteiger partial charge in [0.2, 0.25) is 0 Å². The van der Waals surface area contributed by atoms with Crippen molar-refractivity contribution in [1.29, 1.82) is 0 Å². The summed E-state index contributed by atoms with van der Waals surface area (Å²) in [5, 5.41) is 5.62. The largest absolute Gasteiger partial charge is 0.334 e. The van der Waals surface area contributed by atoms with Gasteiger partial charge in [-0.25, -0.2) is 9.18 Å². The van der Waals surface area contributed by atoms with Crippen molar-refractivity contribution in [2.45, 2.75) is 19.5 Å². The number of halogens is 2. The summed E-state index contributed by atoms with van der Waals surface area (Å²) in [5.41, 5.74) is 1.86. The lowest BCUT2D eigenvalue weighted by Gasteiger charge is -2.16. The van der Waals surface area contributed by atoms with Gasteiger partial charge in [-0.05, 0) is 36.2 Å². The number of carbonyl (C=O) groups is 1. The second-order valence-corrected chi connectivity index (χ2v) is 5.55. The number of urea groups is 1. The highest BCUT2D eigenvalue weighted by molar-refractivity contribution is 9.10. The van der Waals surface area contributed by atoms with E-state index in [2.05, 4.69) is 26.6 Å². The summed E-state index contributed by atoms with van der Waals surface area (Å²) < 4.78 is 13.7. The van der Waals surface area contributed by atoms with E-state index < -0.39 is 0 Å². The molecule has 2 aromatic rings. The maximum absolute atomic E-state index is 12.8. The van der Waals surface area contributed by atoms with Gasteiger partial charge in [0, 0.05) is 11.0 Å². The van der Waals surface area contributed by atoms with Crippen molar-refractivity contribution >= 4 is 22.0 Å². The first-order valence-corrected chi connectivity index (χ1v) is 7.39. The predicted molar refractivity (Wildman–Crippen MR) is 84.3 cm³/mol. The second-order valence-electron chi connectivity index (χ2n) is 4.70. The molecule has 0 aromatic heterocycles. The molecule has 0 bridgehead atoms. The molecular formula is C16H16BrFN2O. The van der Waals surface area contributed by atoms with Gasteiger partial charge in [0.1, 0.15) is 5.82 Å². The summed E-state index contributed by atoms with van der Waals surface area (Å²) in [6.07, 6.45) is 0. The van der Waals surface area contributed by atoms with Crippen molar-refractivity contribution in [1.82, 2.24) is 10.6 Å². The molecule has 0 radical (unpaired) electrons. The minimum atomic E-state index is -0.286. The predicted octanol–water partition coefficient (Wildman–Crippen LogP) is 4.15. The number of amides is 2. The van der Waals surface area contributed by atoms with Crippen LogP contribution in [0.5, 0.6) is 0 Å². The summed E-state index contributed by atoms with van der Waals surface area (Å²) in [6, 6.07) is 13.4. The van der Waals surface area contributed by atoms with Crippen LogP contribution in [0.3, 0.4) is 0 Å². The normalized spacial score (nSPS) is 11.8. The summed E-state index contributed by atoms with van der Waals surface area (Å²) in [7, 11) is 0. The second kappa shape index (κ2) is 7.22. The van der Waals surface area contributed by atoms with Crippen LogP contribution in [0.25, 0.3) is 0 Å². The average molecular weight is 351 g/mol. The van der Waals surface area contributed by atoms with Crippen molar-refractivity contribution in [3.63, 3.8) is 0 Å². The van der Waals surface area contributed by atoms with Crippen LogP contribution in [-0.2, 0) is 6.54 Å². The van der Waals surface area contributed by atoms with Crippen LogP contribution in [-0.4, -0.2) is 6.03 Å². The molecule has 3 nitrogen and oxygen atoms in total. The van der Waals surface area contributed by atoms with Gasteiger partial charge >= 0.3 is 6.03 Å². The monoisotopic (exact) mass is 350 g/mol. The fourth-order valence-corrected chi connectivity index (χ4v) is 2.56. The van der Waals surface area contributed by atoms with E-state index in [1.807, 2.05) is 31.2 Å². The Morgan fingerprint density at radius 1 is 1.19 bits per heavy atom. The molecular weight excluding hydrogens is 335 g/mol. The third-order valence-electron chi connectivity index (χ3n) is 3.09. The van der Waals surface area contributed by atoms with E-state index in [1.165, 1.54) is 12.1 Å². The summed E-state index contributed by atoms with van der Waals surface area (Å²) >= 11 is 3.46. The summed E-state index contributed by atoms with van der Waals surface area (Å²) in [4.78, 5) is 11.9. The smallest absolute Gasteiger partial charge is 0.315 e. The highest BCUT2D eigenvalue weighted by Crippen LogP contribution is 2.22. The quantitative estimate of drug-likeness (QED) is 0.854. The number of rotatable bonds is 4. The van der Waals surface area contributed by atoms with Crippen molar-refractivity contribution in [2.75, 3.05) is 0 Å². The third kappa shape index (κ3) is 4.56. The number of nitrogens with one attached hydrogen (secondary N) is 2. The van der Waals surface area contributed by atoms with Crippen LogP contribution in [0.4, 0.5) is 9.18 Å². The Morgan fingerprint density at radius 2 is 1.86 bits per heavy atom. The fourth-order valence-electron chi connectivity index (χ4n) is 1.94. The molecule has 0 saturated carbocycles. The van der Waals surface area contributed by atoms with E-state index in [9.17, 15) is 9.18 Å². The summed E-state index contributed by atoms with van der Waals surface area (Å²) in [6.45, 7) is 2.27. The van der Waals surface area contributed by atoms with Gasteiger partial charge in [-0.2, -0.15) is 0 Å². The molecule has 0 aliphatic carbocycles. The number of benzene rings is 2. The molecule has 2 N–H and O–H groups in total. The first kappa shape index (κ1) is 15.5. The van der Waals surface area contributed by atoms with Crippen LogP contribution in [0.1, 0.15) is 24.1 Å². The van der Waals surface area contributed by atoms with Crippen molar-refractivity contribution < 1.29 is 9.18 Å². The molecule has 2 amide bonds. The third-order valence-corrected chi connectivity index (χ3v) is 3.81. The van der Waals surface area contributed by atoms with Crippen LogP contribution >= 0.6 is 15.9 Å². The molecule has 0 aliphatic heterocycles. The maximum atomic E-state index is 12.8. The Bertz CT molecular complexity index is 616.